The molecule has 0 aliphatic carbocycles. The van der Waals surface area contributed by atoms with Crippen LogP contribution in [0.1, 0.15) is 28.4 Å². The zero-order valence-corrected chi connectivity index (χ0v) is 18.3. The van der Waals surface area contributed by atoms with Gasteiger partial charge in [-0.05, 0) is 42.0 Å². The number of carbonyl (C=O) groups excluding carboxylic acids is 3. The van der Waals surface area contributed by atoms with Crippen LogP contribution in [0.3, 0.4) is 0 Å². The number of carboxylic acids is 1. The van der Waals surface area contributed by atoms with E-state index in [0.717, 1.165) is 6.54 Å². The van der Waals surface area contributed by atoms with Gasteiger partial charge in [-0.15, -0.1) is 0 Å². The van der Waals surface area contributed by atoms with E-state index in [1.807, 2.05) is 0 Å². The number of aliphatic imine (C=N–C) groups is 1. The second kappa shape index (κ2) is 10.8. The first-order valence-corrected chi connectivity index (χ1v) is 10.4. The van der Waals surface area contributed by atoms with Gasteiger partial charge in [-0.3, -0.25) is 14.6 Å². The highest BCUT2D eigenvalue weighted by Gasteiger charge is 2.17. The van der Waals surface area contributed by atoms with E-state index in [4.69, 9.17) is 23.2 Å². The van der Waals surface area contributed by atoms with Crippen molar-refractivity contribution >= 4 is 52.6 Å². The van der Waals surface area contributed by atoms with Crippen LogP contribution in [0.4, 0.5) is 5.69 Å². The molecule has 1 heterocycles. The topological polar surface area (TPSA) is 135 Å². The fourth-order valence-electron chi connectivity index (χ4n) is 3.06. The number of aliphatic carboxylic acids is 1. The minimum absolute atomic E-state index is 0.297. The van der Waals surface area contributed by atoms with Crippen LogP contribution in [0.25, 0.3) is 0 Å². The molecule has 2 aromatic rings. The van der Waals surface area contributed by atoms with Gasteiger partial charge in [0.15, 0.2) is 5.96 Å². The van der Waals surface area contributed by atoms with Crippen molar-refractivity contribution < 1.29 is 19.5 Å². The Morgan fingerprint density at radius 1 is 1.12 bits per heavy atom. The van der Waals surface area contributed by atoms with Crippen LogP contribution in [0, 0.1) is 0 Å². The number of rotatable bonds is 8. The first-order valence-electron chi connectivity index (χ1n) is 9.69. The third-order valence-electron chi connectivity index (χ3n) is 4.46. The molecule has 0 spiro atoms. The van der Waals surface area contributed by atoms with E-state index < -0.39 is 30.2 Å². The van der Waals surface area contributed by atoms with Crippen molar-refractivity contribution in [2.24, 2.45) is 4.99 Å². The second-order valence-electron chi connectivity index (χ2n) is 6.94. The minimum atomic E-state index is -1.36. The Balaban J connectivity index is 1.59. The van der Waals surface area contributed by atoms with Gasteiger partial charge in [-0.2, -0.15) is 0 Å². The average Bonchev–Trinajstić information content (AvgIpc) is 3.23. The van der Waals surface area contributed by atoms with Crippen molar-refractivity contribution in [2.75, 3.05) is 25.0 Å². The predicted molar refractivity (Wildman–Crippen MR) is 120 cm³/mol. The van der Waals surface area contributed by atoms with E-state index in [-0.39, 0.29) is 6.54 Å². The number of guanidine groups is 1. The van der Waals surface area contributed by atoms with Gasteiger partial charge in [-0.1, -0.05) is 29.3 Å². The van der Waals surface area contributed by atoms with Crippen molar-refractivity contribution in [3.05, 3.63) is 63.6 Å². The summed E-state index contributed by atoms with van der Waals surface area (Å²) in [6, 6.07) is 10.3. The molecule has 1 unspecified atom stereocenters. The molecule has 3 rings (SSSR count). The van der Waals surface area contributed by atoms with E-state index >= 15 is 0 Å². The number of nitrogens with zero attached hydrogens (tertiary/aromatic N) is 1. The molecule has 1 aliphatic heterocycles. The van der Waals surface area contributed by atoms with Crippen molar-refractivity contribution in [2.45, 2.75) is 12.5 Å². The summed E-state index contributed by atoms with van der Waals surface area (Å²) in [4.78, 5) is 40.2. The molecule has 0 saturated heterocycles. The predicted octanol–water partition coefficient (Wildman–Crippen LogP) is 1.09. The molecule has 9 nitrogen and oxygen atoms in total. The van der Waals surface area contributed by atoms with Crippen LogP contribution in [0.15, 0.2) is 47.5 Å². The maximum atomic E-state index is 12.5. The van der Waals surface area contributed by atoms with Crippen LogP contribution >= 0.6 is 23.2 Å². The minimum Gasteiger partial charge on any atom is -0.550 e. The molecule has 2 amide bonds. The number of hydrogen-bond donors (Lipinski definition) is 4. The Bertz CT molecular complexity index is 1040. The fraction of sp³-hybridized carbons (Fsp3) is 0.238. The van der Waals surface area contributed by atoms with E-state index in [0.29, 0.717) is 39.4 Å². The number of carboxylic acid groups (broad SMARTS) is 1. The first kappa shape index (κ1) is 23.4. The van der Waals surface area contributed by atoms with E-state index in [2.05, 4.69) is 26.3 Å². The maximum absolute atomic E-state index is 12.5. The van der Waals surface area contributed by atoms with Crippen LogP contribution in [-0.2, 0) is 9.59 Å². The Labute approximate surface area is 194 Å². The van der Waals surface area contributed by atoms with Crippen LogP contribution in [0.5, 0.6) is 0 Å². The summed E-state index contributed by atoms with van der Waals surface area (Å²) in [5.74, 6) is -1.78. The lowest BCUT2D eigenvalue weighted by atomic mass is 10.0. The smallest absolute Gasteiger partial charge is 0.251 e. The monoisotopic (exact) mass is 476 g/mol. The molecule has 0 aromatic heterocycles. The highest BCUT2D eigenvalue weighted by atomic mass is 35.5. The van der Waals surface area contributed by atoms with Crippen molar-refractivity contribution in [3.8, 4) is 0 Å². The van der Waals surface area contributed by atoms with Gasteiger partial charge in [0.2, 0.25) is 5.91 Å². The van der Waals surface area contributed by atoms with Crippen molar-refractivity contribution in [3.63, 3.8) is 0 Å². The number of hydrogen-bond acceptors (Lipinski definition) is 7. The Morgan fingerprint density at radius 3 is 2.53 bits per heavy atom. The quantitative estimate of drug-likeness (QED) is 0.450. The van der Waals surface area contributed by atoms with Crippen molar-refractivity contribution in [1.29, 1.82) is 0 Å². The molecule has 0 fully saturated rings. The number of benzene rings is 2. The highest BCUT2D eigenvalue weighted by molar-refractivity contribution is 6.34. The second-order valence-corrected chi connectivity index (χ2v) is 7.82. The molecule has 168 valence electrons. The van der Waals surface area contributed by atoms with E-state index in [1.165, 1.54) is 18.2 Å². The zero-order valence-electron chi connectivity index (χ0n) is 16.8. The lowest BCUT2D eigenvalue weighted by Crippen LogP contribution is -2.40. The summed E-state index contributed by atoms with van der Waals surface area (Å²) in [5.41, 5.74) is 1.42. The lowest BCUT2D eigenvalue weighted by Gasteiger charge is -2.20. The summed E-state index contributed by atoms with van der Waals surface area (Å²) < 4.78 is 0. The van der Waals surface area contributed by atoms with Crippen LogP contribution < -0.4 is 26.4 Å². The number of amides is 2. The molecule has 0 radical (unpaired) electrons. The van der Waals surface area contributed by atoms with Crippen LogP contribution in [-0.4, -0.2) is 43.4 Å². The SMILES string of the molecule is O=C([O-])CC(NC(=O)CNC(=O)c1cccc(NC2=NCCN2)c1)c1cc(Cl)cc(Cl)c1. The molecule has 1 atom stereocenters. The number of halogens is 2. The molecule has 0 bridgehead atoms. The van der Waals surface area contributed by atoms with E-state index in [9.17, 15) is 19.5 Å². The molecule has 4 N–H and O–H groups in total. The van der Waals surface area contributed by atoms with Gasteiger partial charge in [0.25, 0.3) is 5.91 Å². The molecule has 1 aliphatic rings. The largest absolute Gasteiger partial charge is 0.550 e. The van der Waals surface area contributed by atoms with Gasteiger partial charge in [0, 0.05) is 40.2 Å². The van der Waals surface area contributed by atoms with Gasteiger partial charge < -0.3 is 31.2 Å². The zero-order chi connectivity index (χ0) is 23.1. The summed E-state index contributed by atoms with van der Waals surface area (Å²) in [6.07, 6.45) is -0.484. The summed E-state index contributed by atoms with van der Waals surface area (Å²) in [5, 5.41) is 22.9. The molecule has 0 saturated carbocycles. The summed E-state index contributed by atoms with van der Waals surface area (Å²) in [7, 11) is 0. The van der Waals surface area contributed by atoms with E-state index in [1.54, 1.807) is 24.3 Å². The van der Waals surface area contributed by atoms with Gasteiger partial charge in [0.1, 0.15) is 0 Å². The van der Waals surface area contributed by atoms with Crippen molar-refractivity contribution in [1.82, 2.24) is 16.0 Å². The van der Waals surface area contributed by atoms with Crippen LogP contribution in [0.2, 0.25) is 10.0 Å². The molecule has 2 aromatic carbocycles. The van der Waals surface area contributed by atoms with Gasteiger partial charge >= 0.3 is 0 Å². The number of nitrogens with one attached hydrogen (secondary N) is 4. The third kappa shape index (κ3) is 6.86. The molecular weight excluding hydrogens is 457 g/mol. The molecular formula is C21H20Cl2N5O4-. The molecule has 11 heteroatoms. The Kier molecular flexibility index (Phi) is 7.91. The number of anilines is 1. The first-order chi connectivity index (χ1) is 15.3. The molecule has 32 heavy (non-hydrogen) atoms. The van der Waals surface area contributed by atoms with Gasteiger partial charge in [0.05, 0.1) is 19.1 Å². The summed E-state index contributed by atoms with van der Waals surface area (Å²) >= 11 is 11.9. The normalized spacial score (nSPS) is 13.5. The maximum Gasteiger partial charge on any atom is 0.251 e. The Morgan fingerprint density at radius 2 is 1.88 bits per heavy atom. The fourth-order valence-corrected chi connectivity index (χ4v) is 3.60. The van der Waals surface area contributed by atoms with Gasteiger partial charge in [-0.25, -0.2) is 0 Å². The number of carbonyl (C=O) groups is 3. The summed E-state index contributed by atoms with van der Waals surface area (Å²) in [6.45, 7) is 1.07. The Hall–Kier alpha value is -3.30. The average molecular weight is 477 g/mol. The standard InChI is InChI=1S/C21H21Cl2N5O4/c22-14-6-13(7-15(23)9-14)17(10-19(30)31)28-18(29)11-26-20(32)12-2-1-3-16(8-12)27-21-24-4-5-25-21/h1-3,6-9,17H,4-5,10-11H2,(H,26,32)(H,28,29)(H,30,31)(H2,24,25,27)/p-1. The lowest BCUT2D eigenvalue weighted by molar-refractivity contribution is -0.306. The third-order valence-corrected chi connectivity index (χ3v) is 4.90. The highest BCUT2D eigenvalue weighted by Crippen LogP contribution is 2.25.